The van der Waals surface area contributed by atoms with Gasteiger partial charge in [0.2, 0.25) is 0 Å². The van der Waals surface area contributed by atoms with Crippen LogP contribution in [0.15, 0.2) is 94.5 Å². The van der Waals surface area contributed by atoms with Crippen LogP contribution in [0.4, 0.5) is 0 Å². The lowest BCUT2D eigenvalue weighted by Crippen LogP contribution is -2.31. The third-order valence-electron chi connectivity index (χ3n) is 13.9. The number of nitrogens with zero attached hydrogens (tertiary/aromatic N) is 8. The van der Waals surface area contributed by atoms with Gasteiger partial charge < -0.3 is 54.1 Å². The molecule has 10 rings (SSSR count). The quantitative estimate of drug-likeness (QED) is 0.0853. The maximum atomic E-state index is 10.0. The Balaban J connectivity index is 0.000000170. The van der Waals surface area contributed by atoms with Crippen LogP contribution in [0.5, 0.6) is 0 Å². The van der Waals surface area contributed by atoms with E-state index in [0.717, 1.165) is 73.6 Å². The molecular formula is C53H63N9O6. The number of fused-ring (bicyclic) bond motifs is 2. The summed E-state index contributed by atoms with van der Waals surface area (Å²) in [7, 11) is 0. The first kappa shape index (κ1) is 47.2. The van der Waals surface area contributed by atoms with Gasteiger partial charge in [-0.15, -0.1) is 0 Å². The summed E-state index contributed by atoms with van der Waals surface area (Å²) in [5, 5.41) is 47.6. The van der Waals surface area contributed by atoms with Crippen LogP contribution in [0.3, 0.4) is 0 Å². The van der Waals surface area contributed by atoms with Crippen LogP contribution >= 0.6 is 0 Å². The average molecular weight is 922 g/mol. The molecule has 3 unspecified atom stereocenters. The minimum atomic E-state index is -0.706. The summed E-state index contributed by atoms with van der Waals surface area (Å²) in [4.78, 5) is 13.2. The Morgan fingerprint density at radius 3 is 1.38 bits per heavy atom. The molecule has 0 amide bonds. The number of rotatable bonds is 14. The molecule has 356 valence electrons. The molecule has 15 nitrogen and oxygen atoms in total. The van der Waals surface area contributed by atoms with E-state index in [0.29, 0.717) is 70.9 Å². The molecule has 0 radical (unpaired) electrons. The largest absolute Gasteiger partial charge is 0.392 e. The number of benzene rings is 2. The molecule has 2 saturated carbocycles. The van der Waals surface area contributed by atoms with E-state index in [2.05, 4.69) is 60.7 Å². The molecule has 4 fully saturated rings. The highest BCUT2D eigenvalue weighted by Gasteiger charge is 2.55. The van der Waals surface area contributed by atoms with E-state index in [-0.39, 0.29) is 24.3 Å². The topological polar surface area (TPSA) is 201 Å². The molecule has 0 spiro atoms. The predicted molar refractivity (Wildman–Crippen MR) is 256 cm³/mol. The fraction of sp³-hybridized carbons (Fsp3) is 0.472. The second kappa shape index (κ2) is 20.4. The molecule has 2 saturated heterocycles. The van der Waals surface area contributed by atoms with E-state index in [4.69, 9.17) is 14.8 Å². The summed E-state index contributed by atoms with van der Waals surface area (Å²) in [6.07, 6.45) is 5.92. The van der Waals surface area contributed by atoms with Crippen molar-refractivity contribution in [2.24, 2.45) is 41.2 Å². The van der Waals surface area contributed by atoms with Crippen molar-refractivity contribution in [2.75, 3.05) is 45.8 Å². The van der Waals surface area contributed by atoms with Gasteiger partial charge in [-0.2, -0.15) is 0 Å². The number of likely N-dealkylation sites (tertiary alicyclic amines) is 2. The SMILES string of the molecule is CC(O)CN1C[C@@H]2C(C#Cc3ccc(-c4cc([C@@H](CN)n5ccnc5[C@H](C)O)no4)cc3)[C@@H]2C1.CC[C@H](c1cc(-c2ccc(C#CC3[C@H]4CN(C[C@H](C)O)C[C@@H]34)cc2)on1)n1ccnc1[C@H](C)O. The first-order chi connectivity index (χ1) is 32.9. The van der Waals surface area contributed by atoms with Crippen LogP contribution < -0.4 is 5.73 Å². The zero-order valence-electron chi connectivity index (χ0n) is 39.4. The van der Waals surface area contributed by atoms with Crippen molar-refractivity contribution in [1.82, 2.24) is 39.2 Å². The van der Waals surface area contributed by atoms with Gasteiger partial charge in [0.05, 0.1) is 24.3 Å². The summed E-state index contributed by atoms with van der Waals surface area (Å²) in [6.45, 7) is 15.2. The average Bonchev–Trinajstić information content (AvgIpc) is 3.98. The molecule has 6 N–H and O–H groups in total. The molecule has 6 heterocycles. The van der Waals surface area contributed by atoms with Crippen molar-refractivity contribution in [3.05, 3.63) is 120 Å². The summed E-state index contributed by atoms with van der Waals surface area (Å²) >= 11 is 0. The Labute approximate surface area is 398 Å². The lowest BCUT2D eigenvalue weighted by molar-refractivity contribution is 0.132. The van der Waals surface area contributed by atoms with Gasteiger partial charge >= 0.3 is 0 Å². The van der Waals surface area contributed by atoms with E-state index >= 15 is 0 Å². The van der Waals surface area contributed by atoms with Gasteiger partial charge in [-0.25, -0.2) is 9.97 Å². The Hall–Kier alpha value is -5.88. The Morgan fingerprint density at radius 2 is 1.01 bits per heavy atom. The van der Waals surface area contributed by atoms with Crippen LogP contribution in [0.1, 0.15) is 99.5 Å². The molecule has 2 aliphatic heterocycles. The second-order valence-corrected chi connectivity index (χ2v) is 19.2. The number of imidazole rings is 2. The lowest BCUT2D eigenvalue weighted by Gasteiger charge is -2.19. The number of hydrogen-bond acceptors (Lipinski definition) is 13. The summed E-state index contributed by atoms with van der Waals surface area (Å²) in [6, 6.07) is 19.6. The van der Waals surface area contributed by atoms with E-state index in [1.165, 1.54) is 0 Å². The van der Waals surface area contributed by atoms with Crippen LogP contribution in [0, 0.1) is 59.2 Å². The number of aromatic nitrogens is 6. The van der Waals surface area contributed by atoms with Gasteiger partial charge in [-0.05, 0) is 106 Å². The summed E-state index contributed by atoms with van der Waals surface area (Å²) in [5.74, 6) is 19.7. The number of piperidine rings is 2. The third kappa shape index (κ3) is 10.4. The van der Waals surface area contributed by atoms with Gasteiger partial charge in [-0.1, -0.05) is 40.9 Å². The van der Waals surface area contributed by atoms with E-state index in [1.54, 1.807) is 32.4 Å². The van der Waals surface area contributed by atoms with Gasteiger partial charge in [0.25, 0.3) is 0 Å². The highest BCUT2D eigenvalue weighted by Crippen LogP contribution is 2.52. The first-order valence-electron chi connectivity index (χ1n) is 24.0. The molecule has 6 aromatic rings. The van der Waals surface area contributed by atoms with Crippen LogP contribution in [0.25, 0.3) is 22.6 Å². The Morgan fingerprint density at radius 1 is 0.618 bits per heavy atom. The molecule has 2 aliphatic carbocycles. The smallest absolute Gasteiger partial charge is 0.167 e. The maximum absolute atomic E-state index is 10.0. The number of nitrogens with two attached hydrogens (primary N) is 1. The van der Waals surface area contributed by atoms with E-state index in [1.807, 2.05) is 89.8 Å². The van der Waals surface area contributed by atoms with E-state index < -0.39 is 12.2 Å². The van der Waals surface area contributed by atoms with Crippen molar-refractivity contribution in [1.29, 1.82) is 0 Å². The lowest BCUT2D eigenvalue weighted by atomic mass is 10.1. The minimum absolute atomic E-state index is 0.0516. The van der Waals surface area contributed by atoms with Crippen molar-refractivity contribution in [3.63, 3.8) is 0 Å². The number of aliphatic hydroxyl groups excluding tert-OH is 4. The standard InChI is InChI=1S/C27H32N4O3.C26H31N5O3/c1-4-25(31-12-11-28-27(31)18(3)33)24-13-26(34-29-24)20-8-5-19(6-9-20)7-10-21-22-15-30(14-17(2)32)16-23(21)22;1-16(32)13-30-14-21-20(22(21)15-30)8-5-18-3-6-19(7-4-18)25-11-23(29-34-25)24(12-27)31-10-9-28-26(31)17(2)33/h5-6,8-9,11-13,17-18,21-23,25,32-33H,4,14-16H2,1-3H3;3-4,6-7,9-11,16-17,20-22,24,32-33H,12-15,27H2,1-2H3/t17-,18-,21?,22-,23+,25+;16?,17-,20?,21-,22+,24+/m00/s1. The zero-order valence-corrected chi connectivity index (χ0v) is 39.4. The van der Waals surface area contributed by atoms with Crippen LogP contribution in [-0.2, 0) is 0 Å². The monoisotopic (exact) mass is 921 g/mol. The Bertz CT molecular complexity index is 2540. The first-order valence-corrected chi connectivity index (χ1v) is 24.0. The molecule has 68 heavy (non-hydrogen) atoms. The highest BCUT2D eigenvalue weighted by atomic mass is 16.5. The van der Waals surface area contributed by atoms with Crippen molar-refractivity contribution >= 4 is 0 Å². The number of β-amino-alcohol motifs (C(OH)–C–C–N with tert-alkyl or cyclic N) is 2. The van der Waals surface area contributed by atoms with Gasteiger partial charge in [-0.3, -0.25) is 0 Å². The number of aliphatic hydroxyl groups is 4. The van der Waals surface area contributed by atoms with Crippen molar-refractivity contribution in [3.8, 4) is 46.3 Å². The fourth-order valence-corrected chi connectivity index (χ4v) is 10.4. The van der Waals surface area contributed by atoms with Crippen molar-refractivity contribution in [2.45, 2.75) is 77.5 Å². The molecule has 12 atom stereocenters. The molecular weight excluding hydrogens is 859 g/mol. The highest BCUT2D eigenvalue weighted by molar-refractivity contribution is 5.60. The normalized spacial score (nSPS) is 24.2. The van der Waals surface area contributed by atoms with Crippen molar-refractivity contribution < 1.29 is 29.5 Å². The molecule has 4 aliphatic rings. The minimum Gasteiger partial charge on any atom is -0.392 e. The third-order valence-corrected chi connectivity index (χ3v) is 13.9. The van der Waals surface area contributed by atoms with Gasteiger partial charge in [0.1, 0.15) is 35.2 Å². The summed E-state index contributed by atoms with van der Waals surface area (Å²) < 4.78 is 15.1. The Kier molecular flexibility index (Phi) is 14.1. The fourth-order valence-electron chi connectivity index (χ4n) is 10.4. The number of hydrogen-bond donors (Lipinski definition) is 5. The van der Waals surface area contributed by atoms with Crippen LogP contribution in [0.2, 0.25) is 0 Å². The van der Waals surface area contributed by atoms with Gasteiger partial charge in [0, 0.05) is 117 Å². The summed E-state index contributed by atoms with van der Waals surface area (Å²) in [5.41, 5.74) is 11.4. The molecule has 4 aromatic heterocycles. The molecule has 0 bridgehead atoms. The zero-order chi connectivity index (χ0) is 47.6. The predicted octanol–water partition coefficient (Wildman–Crippen LogP) is 5.55. The van der Waals surface area contributed by atoms with Gasteiger partial charge in [0.15, 0.2) is 11.5 Å². The van der Waals surface area contributed by atoms with E-state index in [9.17, 15) is 20.4 Å². The van der Waals surface area contributed by atoms with Crippen LogP contribution in [-0.4, -0.2) is 118 Å². The maximum Gasteiger partial charge on any atom is 0.167 e. The second-order valence-electron chi connectivity index (χ2n) is 19.2. The molecule has 2 aromatic carbocycles. The molecule has 15 heteroatoms.